The van der Waals surface area contributed by atoms with Crippen LogP contribution >= 0.6 is 0 Å². The minimum absolute atomic E-state index is 0. The minimum atomic E-state index is -0.0632. The number of rotatable bonds is 4. The van der Waals surface area contributed by atoms with Crippen molar-refractivity contribution < 1.29 is 59.4 Å². The fourth-order valence-corrected chi connectivity index (χ4v) is 4.41. The standard InChI is InChI=1S/C21H24NO2.2ClH.Zr/c1-14(24-12-11-23)16-9-10-18-17-8-6-5-7-15(17)13-19(18)20(16)22-21(2,3)4;;;/h5-10,22-23H,11-12H2,1-4H3;2*1H;/q;;;+2/p-2. The van der Waals surface area contributed by atoms with E-state index in [-0.39, 0.29) is 37.0 Å². The van der Waals surface area contributed by atoms with E-state index in [1.807, 2.05) is 6.92 Å². The predicted octanol–water partition coefficient (Wildman–Crippen LogP) is -3.65. The van der Waals surface area contributed by atoms with Crippen molar-refractivity contribution in [1.82, 2.24) is 0 Å². The van der Waals surface area contributed by atoms with E-state index in [1.165, 1.54) is 49.2 Å². The van der Waals surface area contributed by atoms with E-state index in [0.29, 0.717) is 6.61 Å². The third-order valence-electron chi connectivity index (χ3n) is 4.23. The van der Waals surface area contributed by atoms with Gasteiger partial charge in [-0.3, -0.25) is 0 Å². The summed E-state index contributed by atoms with van der Waals surface area (Å²) in [5.41, 5.74) is 2.36. The Labute approximate surface area is 187 Å². The van der Waals surface area contributed by atoms with Crippen LogP contribution in [0.5, 0.6) is 0 Å². The van der Waals surface area contributed by atoms with Gasteiger partial charge in [0, 0.05) is 0 Å². The van der Waals surface area contributed by atoms with Crippen molar-refractivity contribution in [1.29, 1.82) is 0 Å². The summed E-state index contributed by atoms with van der Waals surface area (Å²) < 4.78 is 7.11. The Morgan fingerprint density at radius 3 is 2.26 bits per heavy atom. The molecule has 3 rings (SSSR count). The van der Waals surface area contributed by atoms with Gasteiger partial charge in [-0.1, -0.05) is 0 Å². The smallest absolute Gasteiger partial charge is 1.00 e. The van der Waals surface area contributed by atoms with Crippen LogP contribution in [0.1, 0.15) is 33.3 Å². The normalized spacial score (nSPS) is 13.1. The van der Waals surface area contributed by atoms with Crippen molar-refractivity contribution in [3.8, 4) is 0 Å². The fraction of sp³-hybridized carbons (Fsp3) is 0.333. The van der Waals surface area contributed by atoms with E-state index in [1.54, 1.807) is 0 Å². The van der Waals surface area contributed by atoms with E-state index in [4.69, 9.17) is 9.84 Å². The molecular weight excluding hydrogens is 460 g/mol. The molecule has 0 radical (unpaired) electrons. The average Bonchev–Trinajstić information content (AvgIpc) is 2.85. The van der Waals surface area contributed by atoms with Gasteiger partial charge in [-0.05, 0) is 0 Å². The van der Waals surface area contributed by atoms with Gasteiger partial charge in [0.15, 0.2) is 0 Å². The second-order valence-corrected chi connectivity index (χ2v) is 8.56. The summed E-state index contributed by atoms with van der Waals surface area (Å²) in [6.45, 7) is 8.81. The van der Waals surface area contributed by atoms with Gasteiger partial charge in [0.2, 0.25) is 0 Å². The first-order valence-electron chi connectivity index (χ1n) is 8.55. The van der Waals surface area contributed by atoms with Gasteiger partial charge < -0.3 is 24.8 Å². The molecule has 0 saturated heterocycles. The maximum atomic E-state index is 9.08. The van der Waals surface area contributed by atoms with Crippen LogP contribution in [0.3, 0.4) is 0 Å². The van der Waals surface area contributed by atoms with Gasteiger partial charge in [0.05, 0.1) is 0 Å². The number of nitrogens with one attached hydrogen (secondary N) is 1. The van der Waals surface area contributed by atoms with E-state index in [0.717, 1.165) is 16.7 Å². The third-order valence-corrected chi connectivity index (χ3v) is 5.51. The van der Waals surface area contributed by atoms with E-state index in [9.17, 15) is 0 Å². The first-order valence-corrected chi connectivity index (χ1v) is 9.78. The molecule has 3 nitrogen and oxygen atoms in total. The molecule has 0 spiro atoms. The second-order valence-electron chi connectivity index (χ2n) is 7.33. The van der Waals surface area contributed by atoms with Gasteiger partial charge in [0.1, 0.15) is 0 Å². The average molecular weight is 485 g/mol. The number of hydrogen-bond donors (Lipinski definition) is 2. The Bertz CT molecular complexity index is 1030. The molecule has 27 heavy (non-hydrogen) atoms. The Kier molecular flexibility index (Phi) is 8.62. The zero-order valence-electron chi connectivity index (χ0n) is 16.0. The Balaban J connectivity index is 0.00000182. The first-order chi connectivity index (χ1) is 11.8. The maximum Gasteiger partial charge on any atom is -1.00 e. The van der Waals surface area contributed by atoms with Gasteiger partial charge >= 0.3 is 164 Å². The molecule has 1 aliphatic carbocycles. The van der Waals surface area contributed by atoms with E-state index in [2.05, 4.69) is 62.5 Å². The molecule has 0 aliphatic heterocycles. The van der Waals surface area contributed by atoms with Gasteiger partial charge in [-0.15, -0.1) is 0 Å². The summed E-state index contributed by atoms with van der Waals surface area (Å²) >= 11 is 1.40. The number of hydrogen-bond acceptors (Lipinski definition) is 3. The monoisotopic (exact) mass is 482 g/mol. The van der Waals surface area contributed by atoms with Crippen molar-refractivity contribution in [2.75, 3.05) is 18.5 Å². The maximum absolute atomic E-state index is 9.08. The van der Waals surface area contributed by atoms with Crippen LogP contribution in [0.15, 0.2) is 36.4 Å². The zero-order valence-corrected chi connectivity index (χ0v) is 20.0. The largest absolute Gasteiger partial charge is 1.00 e. The zero-order chi connectivity index (χ0) is 18.2. The van der Waals surface area contributed by atoms with Crippen molar-refractivity contribution in [3.63, 3.8) is 0 Å². The van der Waals surface area contributed by atoms with Gasteiger partial charge in [-0.25, -0.2) is 0 Å². The number of halogens is 2. The summed E-state index contributed by atoms with van der Waals surface area (Å²) in [7, 11) is 0. The third kappa shape index (κ3) is 4.98. The molecule has 6 heteroatoms. The van der Waals surface area contributed by atoms with Crippen LogP contribution in [0.25, 0.3) is 9.04 Å². The molecule has 0 unspecified atom stereocenters. The van der Waals surface area contributed by atoms with Crippen LogP contribution in [-0.2, 0) is 29.5 Å². The molecule has 0 bridgehead atoms. The fourth-order valence-electron chi connectivity index (χ4n) is 3.23. The SMILES string of the molecule is CC(OCCO)=c1ccc2c(c1NC(C)(C)C)[C]([Zr+2])=c1ccccc1=2.[Cl-].[Cl-]. The summed E-state index contributed by atoms with van der Waals surface area (Å²) in [6, 6.07) is 12.9. The molecule has 1 aliphatic rings. The molecule has 0 aromatic heterocycles. The minimum Gasteiger partial charge on any atom is -1.00 e. The van der Waals surface area contributed by atoms with Crippen LogP contribution in [-0.4, -0.2) is 23.9 Å². The summed E-state index contributed by atoms with van der Waals surface area (Å²) in [5.74, 6) is 0.836. The molecule has 0 amide bonds. The summed E-state index contributed by atoms with van der Waals surface area (Å²) in [5, 5.41) is 17.8. The van der Waals surface area contributed by atoms with Gasteiger partial charge in [-0.2, -0.15) is 0 Å². The molecule has 0 saturated carbocycles. The van der Waals surface area contributed by atoms with Crippen molar-refractivity contribution in [2.45, 2.75) is 33.2 Å². The molecular formula is C21H24Cl2NO2Zr. The molecule has 0 heterocycles. The van der Waals surface area contributed by atoms with Crippen LogP contribution in [0.2, 0.25) is 0 Å². The number of aliphatic hydroxyl groups is 1. The van der Waals surface area contributed by atoms with E-state index < -0.39 is 0 Å². The quantitative estimate of drug-likeness (QED) is 0.471. The van der Waals surface area contributed by atoms with Crippen LogP contribution < -0.4 is 40.6 Å². The second kappa shape index (κ2) is 9.61. The molecule has 143 valence electrons. The molecule has 0 atom stereocenters. The Morgan fingerprint density at radius 2 is 1.67 bits per heavy atom. The van der Waals surface area contributed by atoms with Crippen molar-refractivity contribution >= 4 is 14.7 Å². The van der Waals surface area contributed by atoms with Crippen molar-refractivity contribution in [2.24, 2.45) is 0 Å². The van der Waals surface area contributed by atoms with Crippen LogP contribution in [0.4, 0.5) is 5.69 Å². The number of ether oxygens (including phenoxy) is 1. The van der Waals surface area contributed by atoms with E-state index >= 15 is 0 Å². The molecule has 0 fully saturated rings. The summed E-state index contributed by atoms with van der Waals surface area (Å²) in [4.78, 5) is 0. The predicted molar refractivity (Wildman–Crippen MR) is 97.8 cm³/mol. The van der Waals surface area contributed by atoms with Crippen LogP contribution in [0, 0.1) is 10.4 Å². The summed E-state index contributed by atoms with van der Waals surface area (Å²) in [6.07, 6.45) is 0. The van der Waals surface area contributed by atoms with Gasteiger partial charge in [0.25, 0.3) is 0 Å². The number of benzene rings is 2. The first kappa shape index (κ1) is 24.2. The topological polar surface area (TPSA) is 41.5 Å². The number of anilines is 1. The molecule has 2 aromatic carbocycles. The number of aliphatic hydroxyl groups excluding tert-OH is 1. The molecule has 2 aromatic rings. The Morgan fingerprint density at radius 1 is 1.04 bits per heavy atom. The number of fused-ring (bicyclic) bond motifs is 2. The molecule has 2 N–H and O–H groups in total. The van der Waals surface area contributed by atoms with Crippen molar-refractivity contribution in [3.05, 3.63) is 62.8 Å². The Hall–Kier alpha value is -0.797.